The lowest BCUT2D eigenvalue weighted by atomic mass is 10.1. The number of methoxy groups -OCH3 is 1. The third kappa shape index (κ3) is 2.17. The molecule has 0 aliphatic rings. The highest BCUT2D eigenvalue weighted by molar-refractivity contribution is 5.88. The molecule has 0 aliphatic heterocycles. The Labute approximate surface area is 101 Å². The molecule has 92 valence electrons. The van der Waals surface area contributed by atoms with Gasteiger partial charge in [0.05, 0.1) is 7.11 Å². The van der Waals surface area contributed by atoms with Crippen LogP contribution in [0.3, 0.4) is 0 Å². The van der Waals surface area contributed by atoms with Gasteiger partial charge in [-0.25, -0.2) is 23.5 Å². The molecule has 0 unspecified atom stereocenters. The number of hydrogen-bond acceptors (Lipinski definition) is 4. The molecule has 2 aromatic rings. The van der Waals surface area contributed by atoms with Crippen molar-refractivity contribution in [1.82, 2.24) is 9.97 Å². The predicted molar refractivity (Wildman–Crippen MR) is 58.7 cm³/mol. The van der Waals surface area contributed by atoms with Crippen LogP contribution in [0.25, 0.3) is 11.3 Å². The van der Waals surface area contributed by atoms with E-state index in [9.17, 15) is 13.6 Å². The number of hydrogen-bond donors (Lipinski definition) is 0. The van der Waals surface area contributed by atoms with E-state index in [-0.39, 0.29) is 5.69 Å². The lowest BCUT2D eigenvalue weighted by molar-refractivity contribution is 0.0588. The number of carbonyl (C=O) groups is 1. The molecule has 0 spiro atoms. The second-order valence-electron chi connectivity index (χ2n) is 3.38. The van der Waals surface area contributed by atoms with Crippen molar-refractivity contribution in [3.8, 4) is 11.3 Å². The van der Waals surface area contributed by atoms with Crippen molar-refractivity contribution in [2.45, 2.75) is 0 Å². The normalized spacial score (nSPS) is 10.2. The number of aromatic nitrogens is 2. The second kappa shape index (κ2) is 4.87. The molecule has 1 aromatic heterocycles. The van der Waals surface area contributed by atoms with Crippen molar-refractivity contribution < 1.29 is 18.3 Å². The zero-order valence-corrected chi connectivity index (χ0v) is 9.35. The van der Waals surface area contributed by atoms with Crippen LogP contribution in [0.1, 0.15) is 10.5 Å². The third-order valence-electron chi connectivity index (χ3n) is 2.29. The molecular weight excluding hydrogens is 242 g/mol. The molecular formula is C12H8F2N2O2. The summed E-state index contributed by atoms with van der Waals surface area (Å²) in [4.78, 5) is 18.5. The van der Waals surface area contributed by atoms with E-state index >= 15 is 0 Å². The van der Waals surface area contributed by atoms with Crippen molar-refractivity contribution in [2.75, 3.05) is 7.11 Å². The van der Waals surface area contributed by atoms with Gasteiger partial charge in [-0.1, -0.05) is 0 Å². The average molecular weight is 250 g/mol. The van der Waals surface area contributed by atoms with Crippen molar-refractivity contribution in [3.05, 3.63) is 47.9 Å². The first kappa shape index (κ1) is 12.1. The summed E-state index contributed by atoms with van der Waals surface area (Å²) < 4.78 is 31.1. The zero-order chi connectivity index (χ0) is 13.1. The van der Waals surface area contributed by atoms with E-state index in [1.165, 1.54) is 24.3 Å². The van der Waals surface area contributed by atoms with Crippen LogP contribution in [-0.4, -0.2) is 23.0 Å². The molecule has 1 heterocycles. The lowest BCUT2D eigenvalue weighted by Crippen LogP contribution is -2.09. The van der Waals surface area contributed by atoms with Crippen LogP contribution in [0.2, 0.25) is 0 Å². The minimum Gasteiger partial charge on any atom is -0.464 e. The Morgan fingerprint density at radius 1 is 1.17 bits per heavy atom. The maximum atomic E-state index is 14.0. The van der Waals surface area contributed by atoms with Crippen molar-refractivity contribution >= 4 is 5.97 Å². The summed E-state index contributed by atoms with van der Waals surface area (Å²) in [5, 5.41) is 0. The first-order chi connectivity index (χ1) is 8.63. The summed E-state index contributed by atoms with van der Waals surface area (Å²) in [6.45, 7) is 0. The summed E-state index contributed by atoms with van der Waals surface area (Å²) in [6.07, 6.45) is 1.05. The maximum Gasteiger partial charge on any atom is 0.359 e. The Bertz CT molecular complexity index is 585. The van der Waals surface area contributed by atoms with Gasteiger partial charge in [0.2, 0.25) is 0 Å². The highest BCUT2D eigenvalue weighted by Crippen LogP contribution is 2.21. The van der Waals surface area contributed by atoms with Crippen molar-refractivity contribution in [1.29, 1.82) is 0 Å². The molecule has 18 heavy (non-hydrogen) atoms. The first-order valence-corrected chi connectivity index (χ1v) is 4.98. The van der Waals surface area contributed by atoms with Gasteiger partial charge in [-0.15, -0.1) is 0 Å². The second-order valence-corrected chi connectivity index (χ2v) is 3.38. The van der Waals surface area contributed by atoms with Gasteiger partial charge < -0.3 is 4.74 Å². The minimum absolute atomic E-state index is 0.0783. The van der Waals surface area contributed by atoms with Gasteiger partial charge in [0.25, 0.3) is 0 Å². The molecule has 4 nitrogen and oxygen atoms in total. The highest BCUT2D eigenvalue weighted by atomic mass is 19.1. The number of carbonyl (C=O) groups excluding carboxylic acids is 1. The molecule has 0 aliphatic carbocycles. The number of rotatable bonds is 2. The van der Waals surface area contributed by atoms with E-state index in [1.807, 2.05) is 0 Å². The monoisotopic (exact) mass is 250 g/mol. The van der Waals surface area contributed by atoms with Crippen LogP contribution in [0, 0.1) is 11.6 Å². The summed E-state index contributed by atoms with van der Waals surface area (Å²) >= 11 is 0. The van der Waals surface area contributed by atoms with Crippen LogP contribution in [0.15, 0.2) is 30.6 Å². The van der Waals surface area contributed by atoms with Crippen LogP contribution >= 0.6 is 0 Å². The van der Waals surface area contributed by atoms with Crippen LogP contribution in [0.5, 0.6) is 0 Å². The third-order valence-corrected chi connectivity index (χ3v) is 2.29. The topological polar surface area (TPSA) is 52.1 Å². The van der Waals surface area contributed by atoms with Crippen molar-refractivity contribution in [2.24, 2.45) is 0 Å². The molecule has 0 saturated heterocycles. The number of halogens is 2. The Morgan fingerprint density at radius 3 is 2.44 bits per heavy atom. The fraction of sp³-hybridized carbons (Fsp3) is 0.0833. The maximum absolute atomic E-state index is 14.0. The molecule has 0 fully saturated rings. The van der Waals surface area contributed by atoms with E-state index in [0.29, 0.717) is 5.56 Å². The fourth-order valence-corrected chi connectivity index (χ4v) is 1.42. The molecule has 0 atom stereocenters. The minimum atomic E-state index is -0.893. The standard InChI is InChI=1S/C12H8F2N2O2/c1-18-12(17)11-9(14)10(15-6-16-11)7-2-4-8(13)5-3-7/h2-6H,1H3. The quantitative estimate of drug-likeness (QED) is 0.767. The lowest BCUT2D eigenvalue weighted by Gasteiger charge is -2.05. The fourth-order valence-electron chi connectivity index (χ4n) is 1.42. The van der Waals surface area contributed by atoms with E-state index in [2.05, 4.69) is 14.7 Å². The Kier molecular flexibility index (Phi) is 3.27. The number of nitrogens with zero attached hydrogens (tertiary/aromatic N) is 2. The smallest absolute Gasteiger partial charge is 0.359 e. The Morgan fingerprint density at radius 2 is 1.83 bits per heavy atom. The van der Waals surface area contributed by atoms with Gasteiger partial charge in [0.1, 0.15) is 17.8 Å². The highest BCUT2D eigenvalue weighted by Gasteiger charge is 2.19. The SMILES string of the molecule is COC(=O)c1ncnc(-c2ccc(F)cc2)c1F. The van der Waals surface area contributed by atoms with Gasteiger partial charge in [-0.2, -0.15) is 0 Å². The Hall–Kier alpha value is -2.37. The largest absolute Gasteiger partial charge is 0.464 e. The summed E-state index contributed by atoms with van der Waals surface area (Å²) in [7, 11) is 1.13. The van der Waals surface area contributed by atoms with Gasteiger partial charge >= 0.3 is 5.97 Å². The molecule has 0 saturated carbocycles. The van der Waals surface area contributed by atoms with E-state index in [4.69, 9.17) is 0 Å². The number of ether oxygens (including phenoxy) is 1. The van der Waals surface area contributed by atoms with E-state index < -0.39 is 23.3 Å². The summed E-state index contributed by atoms with van der Waals surface area (Å²) in [5.74, 6) is -2.23. The Balaban J connectivity index is 2.52. The summed E-state index contributed by atoms with van der Waals surface area (Å²) in [5.41, 5.74) is -0.182. The van der Waals surface area contributed by atoms with Gasteiger partial charge in [0.15, 0.2) is 11.5 Å². The molecule has 2 rings (SSSR count). The van der Waals surface area contributed by atoms with Crippen LogP contribution in [0.4, 0.5) is 8.78 Å². The van der Waals surface area contributed by atoms with Crippen molar-refractivity contribution in [3.63, 3.8) is 0 Å². The van der Waals surface area contributed by atoms with Gasteiger partial charge in [0, 0.05) is 5.56 Å². The zero-order valence-electron chi connectivity index (χ0n) is 9.35. The van der Waals surface area contributed by atoms with E-state index in [1.54, 1.807) is 0 Å². The molecule has 1 aromatic carbocycles. The molecule has 6 heteroatoms. The first-order valence-electron chi connectivity index (χ1n) is 4.98. The van der Waals surface area contributed by atoms with Crippen LogP contribution in [-0.2, 0) is 4.74 Å². The molecule has 0 bridgehead atoms. The summed E-state index contributed by atoms with van der Waals surface area (Å²) in [6, 6.07) is 5.08. The molecule has 0 amide bonds. The van der Waals surface area contributed by atoms with Crippen LogP contribution < -0.4 is 0 Å². The number of esters is 1. The molecule has 0 N–H and O–H groups in total. The number of benzene rings is 1. The van der Waals surface area contributed by atoms with Gasteiger partial charge in [-0.3, -0.25) is 0 Å². The van der Waals surface area contributed by atoms with Gasteiger partial charge in [-0.05, 0) is 24.3 Å². The molecule has 0 radical (unpaired) electrons. The average Bonchev–Trinajstić information content (AvgIpc) is 2.39. The predicted octanol–water partition coefficient (Wildman–Crippen LogP) is 2.21. The van der Waals surface area contributed by atoms with E-state index in [0.717, 1.165) is 13.4 Å².